The molecule has 0 unspecified atom stereocenters. The average Bonchev–Trinajstić information content (AvgIpc) is 2.80. The van der Waals surface area contributed by atoms with Crippen LogP contribution in [0, 0.1) is 0 Å². The second-order valence-corrected chi connectivity index (χ2v) is 10.4. The third-order valence-electron chi connectivity index (χ3n) is 3.80. The molecule has 35 heavy (non-hydrogen) atoms. The van der Waals surface area contributed by atoms with Gasteiger partial charge in [-0.3, -0.25) is 19.6 Å². The van der Waals surface area contributed by atoms with Gasteiger partial charge in [0.2, 0.25) is 0 Å². The summed E-state index contributed by atoms with van der Waals surface area (Å²) in [5, 5.41) is 20.1. The van der Waals surface area contributed by atoms with Crippen LogP contribution in [-0.4, -0.2) is 53.0 Å². The molecule has 0 aliphatic carbocycles. The average molecular weight is 583 g/mol. The third-order valence-corrected chi connectivity index (χ3v) is 7.35. The molecule has 0 bridgehead atoms. The second-order valence-electron chi connectivity index (χ2n) is 6.43. The predicted octanol–water partition coefficient (Wildman–Crippen LogP) is -3.80. The predicted molar refractivity (Wildman–Crippen MR) is 122 cm³/mol. The van der Waals surface area contributed by atoms with Crippen LogP contribution < -0.4 is 39.9 Å². The van der Waals surface area contributed by atoms with E-state index in [1.165, 1.54) is 7.16 Å². The van der Waals surface area contributed by atoms with Gasteiger partial charge in [0.15, 0.2) is 0 Å². The number of aromatic amines is 4. The molecule has 0 amide bonds. The molecule has 0 saturated carbocycles. The molecule has 4 N–H and O–H groups in total. The summed E-state index contributed by atoms with van der Waals surface area (Å²) in [6.07, 6.45) is 0. The van der Waals surface area contributed by atoms with Gasteiger partial charge in [0, 0.05) is 12.1 Å². The van der Waals surface area contributed by atoms with E-state index in [2.05, 4.69) is 60.7 Å². The van der Waals surface area contributed by atoms with Gasteiger partial charge in [-0.25, -0.2) is 9.59 Å². The summed E-state index contributed by atoms with van der Waals surface area (Å²) in [5.74, 6) is -3.18. The SMILES string of the molecule is O=C([O-])c1cc(=O)[nH]c(=O)[nH]1.O=C([O-])c1cc(=O)[nH]c(=O)[nH]1.c1cc[c]([Sn+2][c]2ccccc2)cc1. The fraction of sp³-hybridized carbons (Fsp3) is 0. The Morgan fingerprint density at radius 3 is 1.20 bits per heavy atom. The van der Waals surface area contributed by atoms with Crippen molar-refractivity contribution in [2.75, 3.05) is 0 Å². The number of aromatic nitrogens is 4. The maximum absolute atomic E-state index is 10.4. The van der Waals surface area contributed by atoms with Gasteiger partial charge in [0.05, 0.1) is 23.3 Å². The van der Waals surface area contributed by atoms with E-state index >= 15 is 0 Å². The third kappa shape index (κ3) is 9.91. The maximum atomic E-state index is 10.4. The Kier molecular flexibility index (Phi) is 10.2. The van der Waals surface area contributed by atoms with E-state index in [0.717, 1.165) is 12.1 Å². The minimum atomic E-state index is -1.59. The van der Waals surface area contributed by atoms with Crippen LogP contribution in [-0.2, 0) is 0 Å². The fourth-order valence-corrected chi connectivity index (χ4v) is 5.37. The van der Waals surface area contributed by atoms with Crippen LogP contribution in [0.2, 0.25) is 0 Å². The number of carbonyl (C=O) groups excluding carboxylic acids is 2. The van der Waals surface area contributed by atoms with E-state index in [1.54, 1.807) is 0 Å². The molecule has 2 aromatic heterocycles. The number of nitrogens with one attached hydrogen (secondary N) is 4. The van der Waals surface area contributed by atoms with Crippen LogP contribution in [0.15, 0.2) is 92.0 Å². The summed E-state index contributed by atoms with van der Waals surface area (Å²) >= 11 is -0.517. The summed E-state index contributed by atoms with van der Waals surface area (Å²) in [5.41, 5.74) is -4.33. The zero-order valence-corrected chi connectivity index (χ0v) is 20.5. The molecular formula is C22H16N4O8Sn. The van der Waals surface area contributed by atoms with Crippen LogP contribution in [0.25, 0.3) is 0 Å². The number of rotatable bonds is 4. The summed E-state index contributed by atoms with van der Waals surface area (Å²) in [6, 6.07) is 23.1. The van der Waals surface area contributed by atoms with Gasteiger partial charge < -0.3 is 29.8 Å². The molecule has 0 fully saturated rings. The van der Waals surface area contributed by atoms with Gasteiger partial charge in [-0.2, -0.15) is 0 Å². The Balaban J connectivity index is 0.000000186. The molecule has 4 rings (SSSR count). The number of hydrogen-bond acceptors (Lipinski definition) is 8. The number of carbonyl (C=O) groups is 2. The zero-order valence-electron chi connectivity index (χ0n) is 17.7. The van der Waals surface area contributed by atoms with Gasteiger partial charge in [0.25, 0.3) is 11.1 Å². The van der Waals surface area contributed by atoms with Crippen molar-refractivity contribution in [3.63, 3.8) is 0 Å². The molecule has 4 aromatic rings. The van der Waals surface area contributed by atoms with Crippen LogP contribution in [0.3, 0.4) is 0 Å². The van der Waals surface area contributed by atoms with E-state index < -0.39 is 67.0 Å². The summed E-state index contributed by atoms with van der Waals surface area (Å²) < 4.78 is 3.08. The molecule has 0 saturated heterocycles. The Bertz CT molecular complexity index is 1340. The topological polar surface area (TPSA) is 212 Å². The molecule has 12 nitrogen and oxygen atoms in total. The van der Waals surface area contributed by atoms with Crippen molar-refractivity contribution in [3.8, 4) is 0 Å². The first-order chi connectivity index (χ1) is 16.6. The van der Waals surface area contributed by atoms with Gasteiger partial charge in [-0.05, 0) is 0 Å². The van der Waals surface area contributed by atoms with Gasteiger partial charge in [0.1, 0.15) is 0 Å². The van der Waals surface area contributed by atoms with E-state index in [0.29, 0.717) is 0 Å². The Morgan fingerprint density at radius 2 is 0.914 bits per heavy atom. The summed E-state index contributed by atoms with van der Waals surface area (Å²) in [7, 11) is 0. The van der Waals surface area contributed by atoms with E-state index in [4.69, 9.17) is 0 Å². The van der Waals surface area contributed by atoms with Crippen LogP contribution in [0.5, 0.6) is 0 Å². The number of carboxylic acids is 2. The molecule has 2 heterocycles. The van der Waals surface area contributed by atoms with Crippen molar-refractivity contribution in [1.29, 1.82) is 0 Å². The molecule has 13 heteroatoms. The molecule has 2 aromatic carbocycles. The monoisotopic (exact) mass is 584 g/mol. The standard InChI is InChI=1S/2C6H5.2C5H4N2O4.Sn/c2*1-2-4-6-5-3-1;2*8-3-1-2(4(9)10)6-5(11)7-3;/h2*1-5H;2*1H,(H,9,10)(H2,6,7,8,11);/q;;;;+2/p-2. The zero-order chi connectivity index (χ0) is 25.8. The first kappa shape index (κ1) is 26.8. The van der Waals surface area contributed by atoms with Gasteiger partial charge in [-0.1, -0.05) is 0 Å². The van der Waals surface area contributed by atoms with Crippen molar-refractivity contribution >= 4 is 40.2 Å². The molecule has 0 spiro atoms. The Morgan fingerprint density at radius 1 is 0.571 bits per heavy atom. The fourth-order valence-electron chi connectivity index (χ4n) is 2.37. The first-order valence-corrected chi connectivity index (χ1v) is 12.5. The molecule has 0 radical (unpaired) electrons. The van der Waals surface area contributed by atoms with Crippen LogP contribution in [0.1, 0.15) is 21.0 Å². The van der Waals surface area contributed by atoms with Crippen molar-refractivity contribution in [2.24, 2.45) is 0 Å². The molecular weight excluding hydrogens is 567 g/mol. The van der Waals surface area contributed by atoms with Crippen molar-refractivity contribution in [2.45, 2.75) is 0 Å². The molecule has 0 aliphatic heterocycles. The Hall–Kier alpha value is -4.46. The van der Waals surface area contributed by atoms with Crippen molar-refractivity contribution < 1.29 is 19.8 Å². The van der Waals surface area contributed by atoms with E-state index in [9.17, 15) is 39.0 Å². The second kappa shape index (κ2) is 13.3. The van der Waals surface area contributed by atoms with Crippen molar-refractivity contribution in [1.82, 2.24) is 19.9 Å². The quantitative estimate of drug-likeness (QED) is 0.175. The normalized spacial score (nSPS) is 9.37. The number of hydrogen-bond donors (Lipinski definition) is 4. The molecule has 0 atom stereocenters. The van der Waals surface area contributed by atoms with Gasteiger partial charge >= 0.3 is 100 Å². The van der Waals surface area contributed by atoms with Crippen LogP contribution >= 0.6 is 0 Å². The minimum absolute atomic E-state index is 0.517. The first-order valence-electron chi connectivity index (χ1n) is 9.61. The van der Waals surface area contributed by atoms with E-state index in [-0.39, 0.29) is 0 Å². The number of benzene rings is 2. The van der Waals surface area contributed by atoms with Crippen LogP contribution in [0.4, 0.5) is 0 Å². The molecule has 0 aliphatic rings. The van der Waals surface area contributed by atoms with E-state index in [1.807, 2.05) is 19.9 Å². The van der Waals surface area contributed by atoms with Gasteiger partial charge in [-0.15, -0.1) is 0 Å². The van der Waals surface area contributed by atoms with Crippen molar-refractivity contribution in [3.05, 3.63) is 126 Å². The summed E-state index contributed by atoms with van der Waals surface area (Å²) in [6.45, 7) is 0. The summed E-state index contributed by atoms with van der Waals surface area (Å²) in [4.78, 5) is 69.2. The number of H-pyrrole nitrogens is 4. The number of aromatic carboxylic acids is 2. The number of carboxylic acid groups (broad SMARTS) is 2. The molecule has 176 valence electrons. The Labute approximate surface area is 205 Å².